The summed E-state index contributed by atoms with van der Waals surface area (Å²) < 4.78 is 48.2. The highest BCUT2D eigenvalue weighted by Gasteiger charge is 2.31. The van der Waals surface area contributed by atoms with Crippen molar-refractivity contribution >= 4 is 11.3 Å². The highest BCUT2D eigenvalue weighted by molar-refractivity contribution is 6.02. The summed E-state index contributed by atoms with van der Waals surface area (Å²) in [5.74, 6) is 0.922. The SMILES string of the molecule is CCCC(=O)c1cnn2c(C3CC3)c(OCCOCC(F)(F)F)ccc12. The van der Waals surface area contributed by atoms with Crippen molar-refractivity contribution in [3.63, 3.8) is 0 Å². The molecule has 0 bridgehead atoms. The molecule has 1 fully saturated rings. The summed E-state index contributed by atoms with van der Waals surface area (Å²) in [6.45, 7) is 0.532. The first-order valence-electron chi connectivity index (χ1n) is 8.72. The largest absolute Gasteiger partial charge is 0.489 e. The minimum absolute atomic E-state index is 0.0181. The zero-order chi connectivity index (χ0) is 18.7. The molecule has 2 aromatic rings. The molecule has 8 heteroatoms. The number of ether oxygens (including phenoxy) is 2. The van der Waals surface area contributed by atoms with Crippen molar-refractivity contribution in [2.45, 2.75) is 44.7 Å². The fourth-order valence-electron chi connectivity index (χ4n) is 2.88. The maximum Gasteiger partial charge on any atom is 0.411 e. The molecule has 0 saturated heterocycles. The van der Waals surface area contributed by atoms with Crippen LogP contribution in [0.15, 0.2) is 18.3 Å². The average Bonchev–Trinajstić information content (AvgIpc) is 3.31. The summed E-state index contributed by atoms with van der Waals surface area (Å²) in [7, 11) is 0. The molecule has 2 heterocycles. The van der Waals surface area contributed by atoms with Crippen LogP contribution in [0, 0.1) is 0 Å². The van der Waals surface area contributed by atoms with Crippen molar-refractivity contribution in [1.82, 2.24) is 9.61 Å². The van der Waals surface area contributed by atoms with Gasteiger partial charge in [-0.3, -0.25) is 4.79 Å². The molecule has 1 aliphatic rings. The number of pyridine rings is 1. The van der Waals surface area contributed by atoms with E-state index in [9.17, 15) is 18.0 Å². The smallest absolute Gasteiger partial charge is 0.411 e. The maximum atomic E-state index is 12.2. The molecule has 1 aliphatic carbocycles. The van der Waals surface area contributed by atoms with Gasteiger partial charge in [0.15, 0.2) is 5.78 Å². The molecule has 2 aromatic heterocycles. The van der Waals surface area contributed by atoms with E-state index < -0.39 is 12.8 Å². The van der Waals surface area contributed by atoms with Crippen molar-refractivity contribution in [1.29, 1.82) is 0 Å². The molecule has 0 aliphatic heterocycles. The first-order chi connectivity index (χ1) is 12.4. The molecule has 5 nitrogen and oxygen atoms in total. The van der Waals surface area contributed by atoms with Gasteiger partial charge in [-0.1, -0.05) is 6.92 Å². The number of hydrogen-bond donors (Lipinski definition) is 0. The average molecular weight is 370 g/mol. The molecular weight excluding hydrogens is 349 g/mol. The van der Waals surface area contributed by atoms with Gasteiger partial charge in [0.05, 0.1) is 29.6 Å². The van der Waals surface area contributed by atoms with E-state index in [4.69, 9.17) is 4.74 Å². The summed E-state index contributed by atoms with van der Waals surface area (Å²) in [4.78, 5) is 12.2. The first kappa shape index (κ1) is 18.7. The van der Waals surface area contributed by atoms with Crippen molar-refractivity contribution in [3.8, 4) is 5.75 Å². The lowest BCUT2D eigenvalue weighted by molar-refractivity contribution is -0.175. The summed E-state index contributed by atoms with van der Waals surface area (Å²) in [6, 6.07) is 3.53. The van der Waals surface area contributed by atoms with Gasteiger partial charge in [-0.25, -0.2) is 4.52 Å². The van der Waals surface area contributed by atoms with Crippen LogP contribution >= 0.6 is 0 Å². The quantitative estimate of drug-likeness (QED) is 0.491. The van der Waals surface area contributed by atoms with Crippen molar-refractivity contribution in [2.75, 3.05) is 19.8 Å². The lowest BCUT2D eigenvalue weighted by Gasteiger charge is -2.13. The molecule has 1 saturated carbocycles. The minimum atomic E-state index is -4.34. The van der Waals surface area contributed by atoms with E-state index in [2.05, 4.69) is 9.84 Å². The predicted molar refractivity (Wildman–Crippen MR) is 88.8 cm³/mol. The second-order valence-electron chi connectivity index (χ2n) is 6.40. The maximum absolute atomic E-state index is 12.2. The second-order valence-corrected chi connectivity index (χ2v) is 6.40. The standard InChI is InChI=1S/C18H21F3N2O3/c1-2-3-15(24)13-10-22-23-14(13)6-7-16(17(23)12-4-5-12)26-9-8-25-11-18(19,20)21/h6-7,10,12H,2-5,8-9,11H2,1H3. The van der Waals surface area contributed by atoms with Gasteiger partial charge in [0.1, 0.15) is 19.0 Å². The fourth-order valence-corrected chi connectivity index (χ4v) is 2.88. The van der Waals surface area contributed by atoms with Crippen LogP contribution in [0.1, 0.15) is 54.6 Å². The molecule has 0 amide bonds. The van der Waals surface area contributed by atoms with Gasteiger partial charge in [-0.05, 0) is 31.4 Å². The van der Waals surface area contributed by atoms with Crippen LogP contribution in [0.25, 0.3) is 5.52 Å². The Labute approximate surface area is 149 Å². The van der Waals surface area contributed by atoms with Gasteiger partial charge in [0.2, 0.25) is 0 Å². The van der Waals surface area contributed by atoms with Crippen molar-refractivity contribution in [2.24, 2.45) is 0 Å². The Morgan fingerprint density at radius 3 is 2.73 bits per heavy atom. The number of alkyl halides is 3. The van der Waals surface area contributed by atoms with Crippen LogP contribution in [0.5, 0.6) is 5.75 Å². The van der Waals surface area contributed by atoms with Gasteiger partial charge < -0.3 is 9.47 Å². The zero-order valence-corrected chi connectivity index (χ0v) is 14.5. The highest BCUT2D eigenvalue weighted by atomic mass is 19.4. The molecule has 0 N–H and O–H groups in total. The number of hydrogen-bond acceptors (Lipinski definition) is 4. The number of nitrogens with zero attached hydrogens (tertiary/aromatic N) is 2. The number of ketones is 1. The molecule has 0 unspecified atom stereocenters. The third-order valence-electron chi connectivity index (χ3n) is 4.17. The Morgan fingerprint density at radius 1 is 1.31 bits per heavy atom. The van der Waals surface area contributed by atoms with Crippen LogP contribution in [-0.4, -0.2) is 41.4 Å². The Kier molecular flexibility index (Phi) is 5.50. The Hall–Kier alpha value is -2.09. The van der Waals surface area contributed by atoms with Crippen molar-refractivity contribution < 1.29 is 27.4 Å². The summed E-state index contributed by atoms with van der Waals surface area (Å²) >= 11 is 0. The summed E-state index contributed by atoms with van der Waals surface area (Å²) in [5, 5.41) is 4.36. The summed E-state index contributed by atoms with van der Waals surface area (Å²) in [6.07, 6.45) is 0.472. The molecule has 0 radical (unpaired) electrons. The van der Waals surface area contributed by atoms with E-state index in [1.165, 1.54) is 0 Å². The third-order valence-corrected chi connectivity index (χ3v) is 4.17. The fraction of sp³-hybridized carbons (Fsp3) is 0.556. The second kappa shape index (κ2) is 7.65. The van der Waals surface area contributed by atoms with Gasteiger partial charge in [0.25, 0.3) is 0 Å². The van der Waals surface area contributed by atoms with Crippen LogP contribution in [0.2, 0.25) is 0 Å². The monoisotopic (exact) mass is 370 g/mol. The predicted octanol–water partition coefficient (Wildman–Crippen LogP) is 4.15. The number of carbonyl (C=O) groups excluding carboxylic acids is 1. The number of aromatic nitrogens is 2. The Balaban J connectivity index is 1.74. The highest BCUT2D eigenvalue weighted by Crippen LogP contribution is 2.44. The lowest BCUT2D eigenvalue weighted by Crippen LogP contribution is -2.19. The molecule has 0 atom stereocenters. The van der Waals surface area contributed by atoms with Gasteiger partial charge in [0, 0.05) is 12.3 Å². The van der Waals surface area contributed by atoms with Crippen LogP contribution in [0.4, 0.5) is 13.2 Å². The van der Waals surface area contributed by atoms with E-state index >= 15 is 0 Å². The molecule has 142 valence electrons. The van der Waals surface area contributed by atoms with E-state index in [1.807, 2.05) is 6.92 Å². The van der Waals surface area contributed by atoms with Gasteiger partial charge in [-0.2, -0.15) is 18.3 Å². The van der Waals surface area contributed by atoms with E-state index in [0.717, 1.165) is 30.5 Å². The topological polar surface area (TPSA) is 52.8 Å². The molecule has 3 rings (SSSR count). The van der Waals surface area contributed by atoms with E-state index in [-0.39, 0.29) is 19.0 Å². The lowest BCUT2D eigenvalue weighted by atomic mass is 10.1. The number of Topliss-reactive ketones (excluding diaryl/α,β-unsaturated/α-hetero) is 1. The van der Waals surface area contributed by atoms with E-state index in [1.54, 1.807) is 22.8 Å². The van der Waals surface area contributed by atoms with Crippen LogP contribution < -0.4 is 4.74 Å². The van der Waals surface area contributed by atoms with Gasteiger partial charge >= 0.3 is 6.18 Å². The van der Waals surface area contributed by atoms with Crippen LogP contribution in [0.3, 0.4) is 0 Å². The number of halogens is 3. The number of rotatable bonds is 9. The molecule has 0 aromatic carbocycles. The van der Waals surface area contributed by atoms with Crippen LogP contribution in [-0.2, 0) is 4.74 Å². The number of carbonyl (C=O) groups is 1. The Morgan fingerprint density at radius 2 is 2.08 bits per heavy atom. The normalized spacial score (nSPS) is 14.8. The van der Waals surface area contributed by atoms with E-state index in [0.29, 0.717) is 23.7 Å². The molecular formula is C18H21F3N2O3. The minimum Gasteiger partial charge on any atom is -0.489 e. The molecule has 26 heavy (non-hydrogen) atoms. The van der Waals surface area contributed by atoms with Gasteiger partial charge in [-0.15, -0.1) is 0 Å². The number of fused-ring (bicyclic) bond motifs is 1. The Bertz CT molecular complexity index is 782. The third kappa shape index (κ3) is 4.35. The zero-order valence-electron chi connectivity index (χ0n) is 14.5. The molecule has 0 spiro atoms. The van der Waals surface area contributed by atoms with Crippen molar-refractivity contribution in [3.05, 3.63) is 29.6 Å². The summed E-state index contributed by atoms with van der Waals surface area (Å²) in [5.41, 5.74) is 2.20. The first-order valence-corrected chi connectivity index (χ1v) is 8.72.